The molecule has 106 valence electrons. The van der Waals surface area contributed by atoms with Gasteiger partial charge in [-0.3, -0.25) is 4.79 Å². The number of amides is 1. The zero-order valence-corrected chi connectivity index (χ0v) is 12.7. The van der Waals surface area contributed by atoms with Gasteiger partial charge in [-0.05, 0) is 42.2 Å². The topological polar surface area (TPSA) is 38.1 Å². The number of hydrogen-bond donors (Lipinski definition) is 0. The molecule has 0 radical (unpaired) electrons. The van der Waals surface area contributed by atoms with E-state index in [0.717, 1.165) is 36.5 Å². The van der Waals surface area contributed by atoms with Crippen molar-refractivity contribution in [3.05, 3.63) is 40.1 Å². The highest BCUT2D eigenvalue weighted by molar-refractivity contribution is 7.07. The molecular formula is C15H19N3OS. The number of hydrogen-bond acceptors (Lipinski definition) is 3. The molecule has 4 nitrogen and oxygen atoms in total. The molecule has 0 spiro atoms. The van der Waals surface area contributed by atoms with Crippen LogP contribution >= 0.6 is 11.3 Å². The van der Waals surface area contributed by atoms with Gasteiger partial charge in [-0.2, -0.15) is 11.3 Å². The zero-order valence-electron chi connectivity index (χ0n) is 11.9. The van der Waals surface area contributed by atoms with Crippen molar-refractivity contribution in [1.29, 1.82) is 0 Å². The molecule has 1 atom stereocenters. The number of imidazole rings is 1. The average molecular weight is 289 g/mol. The number of nitrogens with zero attached hydrogens (tertiary/aromatic N) is 3. The van der Waals surface area contributed by atoms with Gasteiger partial charge in [-0.15, -0.1) is 0 Å². The average Bonchev–Trinajstić information content (AvgIpc) is 3.09. The van der Waals surface area contributed by atoms with Crippen molar-refractivity contribution in [1.82, 2.24) is 14.5 Å². The Morgan fingerprint density at radius 2 is 2.40 bits per heavy atom. The summed E-state index contributed by atoms with van der Waals surface area (Å²) < 4.78 is 2.05. The Morgan fingerprint density at radius 1 is 1.55 bits per heavy atom. The van der Waals surface area contributed by atoms with E-state index in [1.807, 2.05) is 41.9 Å². The molecule has 20 heavy (non-hydrogen) atoms. The van der Waals surface area contributed by atoms with Crippen molar-refractivity contribution in [3.8, 4) is 0 Å². The first-order valence-electron chi connectivity index (χ1n) is 6.95. The number of aromatic nitrogens is 2. The second-order valence-electron chi connectivity index (χ2n) is 5.40. The summed E-state index contributed by atoms with van der Waals surface area (Å²) in [4.78, 5) is 19.1. The van der Waals surface area contributed by atoms with Gasteiger partial charge in [0.2, 0.25) is 5.91 Å². The lowest BCUT2D eigenvalue weighted by Crippen LogP contribution is -2.32. The third-order valence-electron chi connectivity index (χ3n) is 3.84. The summed E-state index contributed by atoms with van der Waals surface area (Å²) in [7, 11) is 2.01. The van der Waals surface area contributed by atoms with Crippen LogP contribution in [0.5, 0.6) is 0 Å². The lowest BCUT2D eigenvalue weighted by molar-refractivity contribution is -0.131. The van der Waals surface area contributed by atoms with Crippen molar-refractivity contribution >= 4 is 17.2 Å². The van der Waals surface area contributed by atoms with Gasteiger partial charge in [0.25, 0.3) is 0 Å². The van der Waals surface area contributed by atoms with Gasteiger partial charge in [0.05, 0.1) is 18.2 Å². The summed E-state index contributed by atoms with van der Waals surface area (Å²) in [6.07, 6.45) is 4.60. The van der Waals surface area contributed by atoms with E-state index < -0.39 is 0 Å². The SMILES string of the molecule is Cc1cn(C)c(C2CCCN2C(=O)Cc2ccsc2)n1. The minimum Gasteiger partial charge on any atom is -0.336 e. The normalized spacial score (nSPS) is 18.7. The third-order valence-corrected chi connectivity index (χ3v) is 4.57. The first-order valence-corrected chi connectivity index (χ1v) is 7.90. The van der Waals surface area contributed by atoms with Crippen molar-refractivity contribution in [2.75, 3.05) is 6.54 Å². The fourth-order valence-corrected chi connectivity index (χ4v) is 3.62. The van der Waals surface area contributed by atoms with Gasteiger partial charge < -0.3 is 9.47 Å². The molecule has 0 N–H and O–H groups in total. The molecule has 0 aromatic carbocycles. The Hall–Kier alpha value is -1.62. The molecule has 2 aromatic rings. The van der Waals surface area contributed by atoms with Gasteiger partial charge in [-0.1, -0.05) is 0 Å². The van der Waals surface area contributed by atoms with Crippen molar-refractivity contribution in [3.63, 3.8) is 0 Å². The molecule has 3 heterocycles. The Morgan fingerprint density at radius 3 is 3.05 bits per heavy atom. The van der Waals surface area contributed by atoms with Crippen molar-refractivity contribution in [2.24, 2.45) is 7.05 Å². The molecule has 2 aromatic heterocycles. The first kappa shape index (κ1) is 13.4. The number of likely N-dealkylation sites (tertiary alicyclic amines) is 1. The summed E-state index contributed by atoms with van der Waals surface area (Å²) in [5, 5.41) is 4.07. The molecule has 1 unspecified atom stereocenters. The van der Waals surface area contributed by atoms with Gasteiger partial charge in [0, 0.05) is 19.8 Å². The van der Waals surface area contributed by atoms with Crippen LogP contribution in [0.1, 0.15) is 36.0 Å². The summed E-state index contributed by atoms with van der Waals surface area (Å²) >= 11 is 1.64. The number of rotatable bonds is 3. The predicted molar refractivity (Wildman–Crippen MR) is 79.7 cm³/mol. The number of carbonyl (C=O) groups is 1. The van der Waals surface area contributed by atoms with Crippen LogP contribution in [0.25, 0.3) is 0 Å². The highest BCUT2D eigenvalue weighted by Gasteiger charge is 2.32. The molecule has 1 amide bonds. The van der Waals surface area contributed by atoms with E-state index in [0.29, 0.717) is 6.42 Å². The van der Waals surface area contributed by atoms with Crippen LogP contribution in [-0.4, -0.2) is 26.9 Å². The summed E-state index contributed by atoms with van der Waals surface area (Å²) in [5.41, 5.74) is 2.13. The van der Waals surface area contributed by atoms with E-state index in [9.17, 15) is 4.79 Å². The maximum absolute atomic E-state index is 12.5. The van der Waals surface area contributed by atoms with Crippen molar-refractivity contribution < 1.29 is 4.79 Å². The Balaban J connectivity index is 1.78. The number of aryl methyl sites for hydroxylation is 2. The van der Waals surface area contributed by atoms with E-state index in [1.165, 1.54) is 0 Å². The van der Waals surface area contributed by atoms with Gasteiger partial charge in [-0.25, -0.2) is 4.98 Å². The van der Waals surface area contributed by atoms with Gasteiger partial charge >= 0.3 is 0 Å². The Labute approximate surface area is 123 Å². The van der Waals surface area contributed by atoms with Crippen LogP contribution in [0.4, 0.5) is 0 Å². The minimum absolute atomic E-state index is 0.139. The number of thiophene rings is 1. The second kappa shape index (κ2) is 5.40. The van der Waals surface area contributed by atoms with Gasteiger partial charge in [0.1, 0.15) is 5.82 Å². The quantitative estimate of drug-likeness (QED) is 0.871. The second-order valence-corrected chi connectivity index (χ2v) is 6.18. The first-order chi connectivity index (χ1) is 9.65. The summed E-state index contributed by atoms with van der Waals surface area (Å²) in [6.45, 7) is 2.84. The highest BCUT2D eigenvalue weighted by atomic mass is 32.1. The molecule has 0 aliphatic carbocycles. The van der Waals surface area contributed by atoms with E-state index >= 15 is 0 Å². The van der Waals surface area contributed by atoms with Gasteiger partial charge in [0.15, 0.2) is 0 Å². The summed E-state index contributed by atoms with van der Waals surface area (Å²) in [5.74, 6) is 1.23. The summed E-state index contributed by atoms with van der Waals surface area (Å²) in [6, 6.07) is 2.17. The van der Waals surface area contributed by atoms with Crippen LogP contribution < -0.4 is 0 Å². The Bertz CT molecular complexity index is 603. The van der Waals surface area contributed by atoms with E-state index in [2.05, 4.69) is 9.55 Å². The third kappa shape index (κ3) is 2.50. The van der Waals surface area contributed by atoms with E-state index in [-0.39, 0.29) is 11.9 Å². The van der Waals surface area contributed by atoms with Crippen LogP contribution in [0.15, 0.2) is 23.0 Å². The molecule has 1 aliphatic rings. The fraction of sp³-hybridized carbons (Fsp3) is 0.467. The molecule has 1 aliphatic heterocycles. The Kier molecular flexibility index (Phi) is 3.61. The standard InChI is InChI=1S/C15H19N3OS/c1-11-9-17(2)15(16-11)13-4-3-6-18(13)14(19)8-12-5-7-20-10-12/h5,7,9-10,13H,3-4,6,8H2,1-2H3. The molecule has 5 heteroatoms. The lowest BCUT2D eigenvalue weighted by Gasteiger charge is -2.24. The number of carbonyl (C=O) groups excluding carboxylic acids is 1. The lowest BCUT2D eigenvalue weighted by atomic mass is 10.2. The largest absolute Gasteiger partial charge is 0.336 e. The van der Waals surface area contributed by atoms with Crippen LogP contribution in [0.3, 0.4) is 0 Å². The minimum atomic E-state index is 0.139. The molecular weight excluding hydrogens is 270 g/mol. The van der Waals surface area contributed by atoms with E-state index in [4.69, 9.17) is 0 Å². The van der Waals surface area contributed by atoms with Crippen molar-refractivity contribution in [2.45, 2.75) is 32.2 Å². The highest BCUT2D eigenvalue weighted by Crippen LogP contribution is 2.31. The predicted octanol–water partition coefficient (Wildman–Crippen LogP) is 2.70. The maximum atomic E-state index is 12.5. The van der Waals surface area contributed by atoms with Crippen LogP contribution in [0, 0.1) is 6.92 Å². The zero-order chi connectivity index (χ0) is 14.1. The smallest absolute Gasteiger partial charge is 0.227 e. The monoisotopic (exact) mass is 289 g/mol. The fourth-order valence-electron chi connectivity index (χ4n) is 2.95. The molecule has 0 bridgehead atoms. The molecule has 3 rings (SSSR count). The van der Waals surface area contributed by atoms with E-state index in [1.54, 1.807) is 11.3 Å². The van der Waals surface area contributed by atoms with Crippen LogP contribution in [-0.2, 0) is 18.3 Å². The molecule has 1 saturated heterocycles. The molecule has 0 saturated carbocycles. The maximum Gasteiger partial charge on any atom is 0.227 e. The van der Waals surface area contributed by atoms with Crippen LogP contribution in [0.2, 0.25) is 0 Å². The molecule has 1 fully saturated rings.